The second kappa shape index (κ2) is 5.89. The van der Waals surface area contributed by atoms with Crippen LogP contribution in [0.3, 0.4) is 0 Å². The molecule has 0 aliphatic carbocycles. The molecular formula is C13H16F3NO. The Morgan fingerprint density at radius 1 is 1.28 bits per heavy atom. The van der Waals surface area contributed by atoms with Crippen molar-refractivity contribution in [3.63, 3.8) is 0 Å². The number of carbonyl (C=O) groups is 1. The number of anilines is 1. The monoisotopic (exact) mass is 259 g/mol. The maximum atomic E-state index is 12.0. The van der Waals surface area contributed by atoms with E-state index >= 15 is 0 Å². The van der Waals surface area contributed by atoms with Crippen molar-refractivity contribution in [2.75, 3.05) is 19.0 Å². The highest BCUT2D eigenvalue weighted by Crippen LogP contribution is 2.23. The summed E-state index contributed by atoms with van der Waals surface area (Å²) in [6, 6.07) is 6.89. The third-order valence-corrected chi connectivity index (χ3v) is 2.55. The Kier molecular flexibility index (Phi) is 4.76. The zero-order valence-corrected chi connectivity index (χ0v) is 10.4. The van der Waals surface area contributed by atoms with Crippen molar-refractivity contribution in [1.29, 1.82) is 0 Å². The predicted molar refractivity (Wildman–Crippen MR) is 65.0 cm³/mol. The summed E-state index contributed by atoms with van der Waals surface area (Å²) in [4.78, 5) is 13.6. The van der Waals surface area contributed by atoms with Gasteiger partial charge in [0.15, 0.2) is 5.78 Å². The lowest BCUT2D eigenvalue weighted by atomic mass is 10.0. The standard InChI is InChI=1S/C13H16F3NO/c1-17(2)11-6-3-5-10(9-11)12(18)7-4-8-13(14,15)16/h3,5-6,9H,4,7-8H2,1-2H3. The molecular weight excluding hydrogens is 243 g/mol. The number of hydrogen-bond donors (Lipinski definition) is 0. The van der Waals surface area contributed by atoms with E-state index in [0.717, 1.165) is 5.69 Å². The quantitative estimate of drug-likeness (QED) is 0.752. The molecule has 0 aliphatic heterocycles. The number of benzene rings is 1. The number of ketones is 1. The molecule has 18 heavy (non-hydrogen) atoms. The molecule has 0 unspecified atom stereocenters. The molecule has 0 amide bonds. The first-order valence-electron chi connectivity index (χ1n) is 5.67. The molecule has 0 spiro atoms. The molecule has 0 saturated heterocycles. The molecule has 5 heteroatoms. The van der Waals surface area contributed by atoms with Crippen molar-refractivity contribution in [3.05, 3.63) is 29.8 Å². The van der Waals surface area contributed by atoms with E-state index in [0.29, 0.717) is 5.56 Å². The van der Waals surface area contributed by atoms with E-state index in [4.69, 9.17) is 0 Å². The van der Waals surface area contributed by atoms with E-state index in [2.05, 4.69) is 0 Å². The fourth-order valence-electron chi connectivity index (χ4n) is 1.55. The van der Waals surface area contributed by atoms with E-state index in [1.165, 1.54) is 0 Å². The number of hydrogen-bond acceptors (Lipinski definition) is 2. The molecule has 0 atom stereocenters. The number of alkyl halides is 3. The Morgan fingerprint density at radius 2 is 1.94 bits per heavy atom. The van der Waals surface area contributed by atoms with Crippen molar-refractivity contribution in [2.45, 2.75) is 25.4 Å². The van der Waals surface area contributed by atoms with Gasteiger partial charge in [0.1, 0.15) is 0 Å². The first kappa shape index (κ1) is 14.5. The lowest BCUT2D eigenvalue weighted by Crippen LogP contribution is -2.11. The fraction of sp³-hybridized carbons (Fsp3) is 0.462. The number of carbonyl (C=O) groups excluding carboxylic acids is 1. The van der Waals surface area contributed by atoms with E-state index in [9.17, 15) is 18.0 Å². The van der Waals surface area contributed by atoms with Gasteiger partial charge in [-0.15, -0.1) is 0 Å². The Labute approximate surface area is 104 Å². The van der Waals surface area contributed by atoms with Crippen LogP contribution < -0.4 is 4.90 Å². The van der Waals surface area contributed by atoms with Crippen LogP contribution in [0, 0.1) is 0 Å². The van der Waals surface area contributed by atoms with Crippen molar-refractivity contribution in [2.24, 2.45) is 0 Å². The van der Waals surface area contributed by atoms with Gasteiger partial charge in [-0.1, -0.05) is 12.1 Å². The summed E-state index contributed by atoms with van der Waals surface area (Å²) < 4.78 is 35.9. The molecule has 1 rings (SSSR count). The van der Waals surface area contributed by atoms with Crippen molar-refractivity contribution in [3.8, 4) is 0 Å². The highest BCUT2D eigenvalue weighted by atomic mass is 19.4. The zero-order valence-electron chi connectivity index (χ0n) is 10.4. The average molecular weight is 259 g/mol. The minimum atomic E-state index is -4.19. The molecule has 0 radical (unpaired) electrons. The maximum Gasteiger partial charge on any atom is 0.389 e. The van der Waals surface area contributed by atoms with Gasteiger partial charge in [0, 0.05) is 38.2 Å². The molecule has 0 aromatic heterocycles. The number of nitrogens with zero attached hydrogens (tertiary/aromatic N) is 1. The number of rotatable bonds is 5. The lowest BCUT2D eigenvalue weighted by molar-refractivity contribution is -0.135. The Morgan fingerprint density at radius 3 is 2.50 bits per heavy atom. The van der Waals surface area contributed by atoms with Crippen LogP contribution in [0.2, 0.25) is 0 Å². The molecule has 0 saturated carbocycles. The number of halogens is 3. The van der Waals surface area contributed by atoms with Gasteiger partial charge in [-0.25, -0.2) is 0 Å². The summed E-state index contributed by atoms with van der Waals surface area (Å²) in [5, 5.41) is 0. The van der Waals surface area contributed by atoms with Crippen molar-refractivity contribution < 1.29 is 18.0 Å². The van der Waals surface area contributed by atoms with Crippen LogP contribution >= 0.6 is 0 Å². The molecule has 0 bridgehead atoms. The third kappa shape index (κ3) is 4.77. The van der Waals surface area contributed by atoms with Crippen LogP contribution in [0.1, 0.15) is 29.6 Å². The van der Waals surface area contributed by atoms with Crippen LogP contribution in [-0.2, 0) is 0 Å². The van der Waals surface area contributed by atoms with Gasteiger partial charge in [0.05, 0.1) is 0 Å². The van der Waals surface area contributed by atoms with Crippen LogP contribution in [0.5, 0.6) is 0 Å². The summed E-state index contributed by atoms with van der Waals surface area (Å²) in [7, 11) is 3.68. The van der Waals surface area contributed by atoms with Crippen LogP contribution in [0.4, 0.5) is 18.9 Å². The van der Waals surface area contributed by atoms with Gasteiger partial charge < -0.3 is 4.90 Å². The maximum absolute atomic E-state index is 12.0. The largest absolute Gasteiger partial charge is 0.389 e. The Hall–Kier alpha value is -1.52. The van der Waals surface area contributed by atoms with E-state index in [1.807, 2.05) is 25.1 Å². The summed E-state index contributed by atoms with van der Waals surface area (Å²) in [5.41, 5.74) is 1.32. The second-order valence-corrected chi connectivity index (χ2v) is 4.34. The summed E-state index contributed by atoms with van der Waals surface area (Å²) >= 11 is 0. The summed E-state index contributed by atoms with van der Waals surface area (Å²) in [5.74, 6) is -0.247. The lowest BCUT2D eigenvalue weighted by Gasteiger charge is -2.13. The van der Waals surface area contributed by atoms with Gasteiger partial charge in [-0.05, 0) is 18.6 Å². The van der Waals surface area contributed by atoms with Gasteiger partial charge in [0.2, 0.25) is 0 Å². The predicted octanol–water partition coefficient (Wildman–Crippen LogP) is 3.67. The first-order chi connectivity index (χ1) is 8.29. The highest BCUT2D eigenvalue weighted by molar-refractivity contribution is 5.96. The molecule has 100 valence electrons. The average Bonchev–Trinajstić information content (AvgIpc) is 2.27. The normalized spacial score (nSPS) is 11.4. The highest BCUT2D eigenvalue weighted by Gasteiger charge is 2.26. The molecule has 1 aromatic carbocycles. The SMILES string of the molecule is CN(C)c1cccc(C(=O)CCCC(F)(F)F)c1. The molecule has 0 fully saturated rings. The summed E-state index contributed by atoms with van der Waals surface area (Å²) in [6.07, 6.45) is -5.33. The van der Waals surface area contributed by atoms with E-state index in [1.54, 1.807) is 18.2 Å². The molecule has 1 aromatic rings. The van der Waals surface area contributed by atoms with Gasteiger partial charge in [-0.2, -0.15) is 13.2 Å². The van der Waals surface area contributed by atoms with Crippen molar-refractivity contribution >= 4 is 11.5 Å². The Bertz CT molecular complexity index is 413. The second-order valence-electron chi connectivity index (χ2n) is 4.34. The van der Waals surface area contributed by atoms with Gasteiger partial charge in [0.25, 0.3) is 0 Å². The van der Waals surface area contributed by atoms with E-state index < -0.39 is 12.6 Å². The third-order valence-electron chi connectivity index (χ3n) is 2.55. The molecule has 0 N–H and O–H groups in total. The van der Waals surface area contributed by atoms with Crippen molar-refractivity contribution in [1.82, 2.24) is 0 Å². The Balaban J connectivity index is 2.59. The van der Waals surface area contributed by atoms with Crippen LogP contribution in [-0.4, -0.2) is 26.1 Å². The molecule has 2 nitrogen and oxygen atoms in total. The van der Waals surface area contributed by atoms with E-state index in [-0.39, 0.29) is 18.6 Å². The smallest absolute Gasteiger partial charge is 0.378 e. The molecule has 0 aliphatic rings. The van der Waals surface area contributed by atoms with Crippen LogP contribution in [0.25, 0.3) is 0 Å². The molecule has 0 heterocycles. The van der Waals surface area contributed by atoms with Crippen LogP contribution in [0.15, 0.2) is 24.3 Å². The number of Topliss-reactive ketones (excluding diaryl/α,β-unsaturated/α-hetero) is 1. The van der Waals surface area contributed by atoms with Gasteiger partial charge in [-0.3, -0.25) is 4.79 Å². The minimum absolute atomic E-state index is 0.0730. The van der Waals surface area contributed by atoms with Gasteiger partial charge >= 0.3 is 6.18 Å². The minimum Gasteiger partial charge on any atom is -0.378 e. The summed E-state index contributed by atoms with van der Waals surface area (Å²) in [6.45, 7) is 0. The zero-order chi connectivity index (χ0) is 13.8. The fourth-order valence-corrected chi connectivity index (χ4v) is 1.55. The topological polar surface area (TPSA) is 20.3 Å². The first-order valence-corrected chi connectivity index (χ1v) is 5.67.